The fourth-order valence-electron chi connectivity index (χ4n) is 2.57. The van der Waals surface area contributed by atoms with Gasteiger partial charge >= 0.3 is 0 Å². The molecule has 27 heavy (non-hydrogen) atoms. The third kappa shape index (κ3) is 5.04. The number of anilines is 1. The normalized spacial score (nSPS) is 10.2. The molecule has 0 heterocycles. The zero-order valence-corrected chi connectivity index (χ0v) is 16.8. The van der Waals surface area contributed by atoms with Gasteiger partial charge in [-0.3, -0.25) is 4.79 Å². The Balaban J connectivity index is 0.00000261. The van der Waals surface area contributed by atoms with Crippen LogP contribution in [-0.2, 0) is 28.3 Å². The first-order valence-electron chi connectivity index (χ1n) is 7.95. The number of hydrogen-bond acceptors (Lipinski definition) is 1. The molecule has 1 amide bonds. The van der Waals surface area contributed by atoms with Crippen molar-refractivity contribution >= 4 is 23.2 Å². The summed E-state index contributed by atoms with van der Waals surface area (Å²) < 4.78 is 27.6. The third-order valence-electron chi connectivity index (χ3n) is 3.94. The summed E-state index contributed by atoms with van der Waals surface area (Å²) in [5.74, 6) is -2.24. The molecule has 3 aromatic rings. The van der Waals surface area contributed by atoms with Gasteiger partial charge in [0.15, 0.2) is 5.82 Å². The van der Waals surface area contributed by atoms with Crippen LogP contribution in [0.4, 0.5) is 14.5 Å². The van der Waals surface area contributed by atoms with Crippen molar-refractivity contribution in [1.29, 1.82) is 0 Å². The number of aryl methyl sites for hydroxylation is 1. The minimum atomic E-state index is -0.933. The average molecular weight is 419 g/mol. The molecule has 0 aliphatic heterocycles. The Morgan fingerprint density at radius 2 is 1.70 bits per heavy atom. The maximum Gasteiger partial charge on any atom is 0.260 e. The molecule has 2 nitrogen and oxygen atoms in total. The Labute approximate surface area is 176 Å². The molecule has 0 unspecified atom stereocenters. The van der Waals surface area contributed by atoms with Crippen LogP contribution in [0.15, 0.2) is 60.7 Å². The molecule has 0 fully saturated rings. The Morgan fingerprint density at radius 3 is 2.33 bits per heavy atom. The molecule has 3 aromatic carbocycles. The second-order valence-electron chi connectivity index (χ2n) is 5.86. The zero-order valence-electron chi connectivity index (χ0n) is 14.5. The summed E-state index contributed by atoms with van der Waals surface area (Å²) in [6.07, 6.45) is 0. The third-order valence-corrected chi connectivity index (χ3v) is 4.27. The number of carbonyl (C=O) groups is 1. The van der Waals surface area contributed by atoms with Crippen molar-refractivity contribution in [3.8, 4) is 0 Å². The minimum Gasteiger partial charge on any atom is -0.301 e. The standard InChI is InChI=1S/C21H15ClF2NO.Ti/c1-14-6-8-15(9-7-14)13-25(20-11-10-16(23)12-19(20)24)21(26)17-4-2-3-5-18(17)22;/h2-11H,13H2,1H3;. The van der Waals surface area contributed by atoms with E-state index in [4.69, 9.17) is 11.6 Å². The van der Waals surface area contributed by atoms with Crippen LogP contribution in [0.2, 0.25) is 5.02 Å². The molecule has 0 N–H and O–H groups in total. The van der Waals surface area contributed by atoms with E-state index in [0.717, 1.165) is 17.2 Å². The SMILES string of the molecule is Cc1ccc(CN(C(=O)c2ccccc2Cl)c2ccc(F)[c]c2F)cc1.[Ti]. The Kier molecular flexibility index (Phi) is 7.31. The fraction of sp³-hybridized carbons (Fsp3) is 0.0952. The Morgan fingerprint density at radius 1 is 1.04 bits per heavy atom. The molecule has 0 aromatic heterocycles. The average Bonchev–Trinajstić information content (AvgIpc) is 2.62. The van der Waals surface area contributed by atoms with Crippen LogP contribution in [0, 0.1) is 24.6 Å². The first kappa shape index (κ1) is 21.3. The quantitative estimate of drug-likeness (QED) is 0.507. The van der Waals surface area contributed by atoms with Crippen molar-refractivity contribution in [2.75, 3.05) is 4.90 Å². The summed E-state index contributed by atoms with van der Waals surface area (Å²) in [6, 6.07) is 18.3. The maximum absolute atomic E-state index is 14.3. The van der Waals surface area contributed by atoms with Crippen molar-refractivity contribution in [2.24, 2.45) is 0 Å². The summed E-state index contributed by atoms with van der Waals surface area (Å²) in [6.45, 7) is 2.06. The zero-order chi connectivity index (χ0) is 18.7. The number of nitrogens with zero attached hydrogens (tertiary/aromatic N) is 1. The maximum atomic E-state index is 14.3. The summed E-state index contributed by atoms with van der Waals surface area (Å²) >= 11 is 6.13. The van der Waals surface area contributed by atoms with Crippen LogP contribution in [0.1, 0.15) is 21.5 Å². The van der Waals surface area contributed by atoms with Gasteiger partial charge in [-0.1, -0.05) is 53.6 Å². The van der Waals surface area contributed by atoms with Gasteiger partial charge in [-0.2, -0.15) is 0 Å². The van der Waals surface area contributed by atoms with Gasteiger partial charge in [0.25, 0.3) is 5.91 Å². The Hall–Kier alpha value is -2.01. The van der Waals surface area contributed by atoms with Crippen molar-refractivity contribution in [3.05, 3.63) is 100 Å². The number of rotatable bonds is 4. The van der Waals surface area contributed by atoms with Gasteiger partial charge in [0.05, 0.1) is 28.9 Å². The molecule has 0 aliphatic carbocycles. The van der Waals surface area contributed by atoms with E-state index in [1.54, 1.807) is 24.3 Å². The molecule has 0 spiro atoms. The molecule has 0 saturated heterocycles. The largest absolute Gasteiger partial charge is 0.301 e. The molecule has 0 aliphatic rings. The fourth-order valence-corrected chi connectivity index (χ4v) is 2.78. The molecule has 0 saturated carbocycles. The molecule has 0 atom stereocenters. The molecule has 6 heteroatoms. The van der Waals surface area contributed by atoms with Crippen LogP contribution < -0.4 is 4.90 Å². The van der Waals surface area contributed by atoms with Crippen LogP contribution in [0.25, 0.3) is 0 Å². The van der Waals surface area contributed by atoms with Crippen LogP contribution in [0.5, 0.6) is 0 Å². The molecule has 3 rings (SSSR count). The van der Waals surface area contributed by atoms with Crippen LogP contribution >= 0.6 is 11.6 Å². The molecule has 0 bridgehead atoms. The summed E-state index contributed by atoms with van der Waals surface area (Å²) in [7, 11) is 0. The van der Waals surface area contributed by atoms with E-state index in [0.29, 0.717) is 0 Å². The Bertz CT molecular complexity index is 947. The van der Waals surface area contributed by atoms with Gasteiger partial charge in [-0.25, -0.2) is 8.78 Å². The summed E-state index contributed by atoms with van der Waals surface area (Å²) in [5, 5.41) is 0.262. The second kappa shape index (κ2) is 9.27. The molecular formula is C21H15ClF2NOTi. The van der Waals surface area contributed by atoms with E-state index in [1.165, 1.54) is 11.0 Å². The van der Waals surface area contributed by atoms with E-state index < -0.39 is 17.5 Å². The van der Waals surface area contributed by atoms with Gasteiger partial charge < -0.3 is 4.90 Å². The predicted octanol–water partition coefficient (Wildman–Crippen LogP) is 5.57. The van der Waals surface area contributed by atoms with E-state index >= 15 is 0 Å². The predicted molar refractivity (Wildman–Crippen MR) is 98.3 cm³/mol. The monoisotopic (exact) mass is 418 g/mol. The van der Waals surface area contributed by atoms with Gasteiger partial charge in [0.2, 0.25) is 0 Å². The van der Waals surface area contributed by atoms with Gasteiger partial charge in [0.1, 0.15) is 5.82 Å². The van der Waals surface area contributed by atoms with E-state index in [1.807, 2.05) is 37.3 Å². The number of carbonyl (C=O) groups excluding carboxylic acids is 1. The van der Waals surface area contributed by atoms with Gasteiger partial charge in [-0.15, -0.1) is 0 Å². The van der Waals surface area contributed by atoms with Gasteiger partial charge in [-0.05, 0) is 36.8 Å². The van der Waals surface area contributed by atoms with E-state index in [9.17, 15) is 13.6 Å². The number of benzene rings is 3. The second-order valence-corrected chi connectivity index (χ2v) is 6.27. The van der Waals surface area contributed by atoms with Crippen molar-refractivity contribution < 1.29 is 35.3 Å². The first-order chi connectivity index (χ1) is 12.5. The summed E-state index contributed by atoms with van der Waals surface area (Å²) in [5.41, 5.74) is 2.06. The van der Waals surface area contributed by atoms with Gasteiger partial charge in [0, 0.05) is 21.7 Å². The first-order valence-corrected chi connectivity index (χ1v) is 8.33. The van der Waals surface area contributed by atoms with Crippen molar-refractivity contribution in [2.45, 2.75) is 13.5 Å². The minimum absolute atomic E-state index is 0. The summed E-state index contributed by atoms with van der Waals surface area (Å²) in [4.78, 5) is 14.3. The molecule has 135 valence electrons. The van der Waals surface area contributed by atoms with Crippen molar-refractivity contribution in [1.82, 2.24) is 0 Å². The van der Waals surface area contributed by atoms with Crippen LogP contribution in [-0.4, -0.2) is 5.91 Å². The van der Waals surface area contributed by atoms with E-state index in [-0.39, 0.29) is 44.5 Å². The van der Waals surface area contributed by atoms with Crippen LogP contribution in [0.3, 0.4) is 0 Å². The van der Waals surface area contributed by atoms with E-state index in [2.05, 4.69) is 0 Å². The number of halogens is 3. The number of hydrogen-bond donors (Lipinski definition) is 0. The number of amides is 1. The van der Waals surface area contributed by atoms with Crippen molar-refractivity contribution in [3.63, 3.8) is 0 Å². The smallest absolute Gasteiger partial charge is 0.260 e. The molecular weight excluding hydrogens is 404 g/mol. The topological polar surface area (TPSA) is 20.3 Å². The molecule has 1 radical (unpaired) electrons.